The molecule has 1 aliphatic carbocycles. The Balaban J connectivity index is 1.61. The zero-order valence-electron chi connectivity index (χ0n) is 17.9. The van der Waals surface area contributed by atoms with Gasteiger partial charge in [0.15, 0.2) is 0 Å². The Morgan fingerprint density at radius 2 is 2.13 bits per heavy atom. The van der Waals surface area contributed by atoms with Crippen LogP contribution in [0, 0.1) is 11.3 Å². The maximum atomic E-state index is 13.3. The highest BCUT2D eigenvalue weighted by atomic mass is 19.1. The summed E-state index contributed by atoms with van der Waals surface area (Å²) in [6.45, 7) is 5.71. The number of benzene rings is 2. The molecule has 1 heterocycles. The lowest BCUT2D eigenvalue weighted by atomic mass is 10.0. The number of halogens is 1. The molecule has 0 aliphatic heterocycles. The predicted octanol–water partition coefficient (Wildman–Crippen LogP) is 5.00. The third kappa shape index (κ3) is 4.44. The molecule has 2 aromatic carbocycles. The summed E-state index contributed by atoms with van der Waals surface area (Å²) >= 11 is 0. The number of nitrogens with zero attached hydrogens (tertiary/aromatic N) is 3. The first-order valence-corrected chi connectivity index (χ1v) is 10.5. The number of hydrogen-bond acceptors (Lipinski definition) is 6. The molecule has 1 unspecified atom stereocenters. The largest absolute Gasteiger partial charge is 0.490 e. The number of alkyl halides is 1. The van der Waals surface area contributed by atoms with Crippen LogP contribution >= 0.6 is 0 Å². The number of nitriles is 1. The standard InChI is InChI=1S/C24H25FN4O2/c1-14(2)30-22-10-7-16(11-17(22)12-26)24-28-23(29-31-24)20-6-4-5-19-18(20)8-9-21(19)27-13-15(3)25/h4-7,10-11,14-15,21,27H,8-9,13H2,1-3H3/t15?,21-/m1/s1. The zero-order chi connectivity index (χ0) is 22.0. The van der Waals surface area contributed by atoms with Gasteiger partial charge in [-0.15, -0.1) is 0 Å². The van der Waals surface area contributed by atoms with Crippen LogP contribution in [0.1, 0.15) is 49.9 Å². The maximum absolute atomic E-state index is 13.3. The van der Waals surface area contributed by atoms with E-state index in [0.29, 0.717) is 35.1 Å². The molecule has 0 spiro atoms. The summed E-state index contributed by atoms with van der Waals surface area (Å²) in [5, 5.41) is 17.0. The van der Waals surface area contributed by atoms with Crippen LogP contribution in [0.3, 0.4) is 0 Å². The van der Waals surface area contributed by atoms with Gasteiger partial charge < -0.3 is 14.6 Å². The van der Waals surface area contributed by atoms with Gasteiger partial charge in [-0.3, -0.25) is 0 Å². The molecule has 4 rings (SSSR count). The fraction of sp³-hybridized carbons (Fsp3) is 0.375. The summed E-state index contributed by atoms with van der Waals surface area (Å²) in [6.07, 6.45) is 0.863. The van der Waals surface area contributed by atoms with E-state index in [-0.39, 0.29) is 12.1 Å². The smallest absolute Gasteiger partial charge is 0.258 e. The van der Waals surface area contributed by atoms with Gasteiger partial charge in [0, 0.05) is 23.7 Å². The number of nitrogens with one attached hydrogen (secondary N) is 1. The molecular weight excluding hydrogens is 395 g/mol. The first-order chi connectivity index (χ1) is 15.0. The third-order valence-corrected chi connectivity index (χ3v) is 5.29. The molecule has 1 aromatic heterocycles. The van der Waals surface area contributed by atoms with Gasteiger partial charge in [-0.1, -0.05) is 23.4 Å². The first kappa shape index (κ1) is 21.0. The van der Waals surface area contributed by atoms with Crippen LogP contribution in [-0.2, 0) is 6.42 Å². The summed E-state index contributed by atoms with van der Waals surface area (Å²) < 4.78 is 24.4. The summed E-state index contributed by atoms with van der Waals surface area (Å²) in [6, 6.07) is 13.6. The molecule has 6 nitrogen and oxygen atoms in total. The fourth-order valence-electron chi connectivity index (χ4n) is 3.94. The Hall–Kier alpha value is -3.24. The van der Waals surface area contributed by atoms with Crippen molar-refractivity contribution in [2.45, 2.75) is 51.9 Å². The summed E-state index contributed by atoms with van der Waals surface area (Å²) in [4.78, 5) is 4.59. The number of ether oxygens (including phenoxy) is 1. The number of aromatic nitrogens is 2. The molecular formula is C24H25FN4O2. The first-order valence-electron chi connectivity index (χ1n) is 10.5. The zero-order valence-corrected chi connectivity index (χ0v) is 17.9. The normalized spacial score (nSPS) is 16.2. The predicted molar refractivity (Wildman–Crippen MR) is 115 cm³/mol. The Bertz CT molecular complexity index is 1120. The van der Waals surface area contributed by atoms with Gasteiger partial charge in [0.05, 0.1) is 11.7 Å². The Kier molecular flexibility index (Phi) is 6.01. The molecule has 7 heteroatoms. The molecule has 31 heavy (non-hydrogen) atoms. The average molecular weight is 420 g/mol. The monoisotopic (exact) mass is 420 g/mol. The van der Waals surface area contributed by atoms with Crippen molar-refractivity contribution < 1.29 is 13.7 Å². The quantitative estimate of drug-likeness (QED) is 0.579. The number of fused-ring (bicyclic) bond motifs is 1. The highest BCUT2D eigenvalue weighted by Gasteiger charge is 2.26. The summed E-state index contributed by atoms with van der Waals surface area (Å²) in [7, 11) is 0. The third-order valence-electron chi connectivity index (χ3n) is 5.29. The minimum Gasteiger partial charge on any atom is -0.490 e. The SMILES string of the molecule is CC(F)CN[C@@H]1CCc2c(-c3noc(-c4ccc(OC(C)C)c(C#N)c4)n3)cccc21. The van der Waals surface area contributed by atoms with Crippen molar-refractivity contribution >= 4 is 0 Å². The minimum atomic E-state index is -0.886. The van der Waals surface area contributed by atoms with Gasteiger partial charge in [-0.05, 0) is 62.9 Å². The molecule has 0 saturated heterocycles. The van der Waals surface area contributed by atoms with Crippen molar-refractivity contribution in [3.63, 3.8) is 0 Å². The van der Waals surface area contributed by atoms with Crippen LogP contribution in [0.15, 0.2) is 40.9 Å². The fourth-order valence-corrected chi connectivity index (χ4v) is 3.94. The Morgan fingerprint density at radius 1 is 1.29 bits per heavy atom. The lowest BCUT2D eigenvalue weighted by Gasteiger charge is -2.15. The van der Waals surface area contributed by atoms with E-state index in [9.17, 15) is 9.65 Å². The van der Waals surface area contributed by atoms with Crippen molar-refractivity contribution in [1.82, 2.24) is 15.5 Å². The summed E-state index contributed by atoms with van der Waals surface area (Å²) in [5.74, 6) is 1.38. The second-order valence-corrected chi connectivity index (χ2v) is 8.07. The van der Waals surface area contributed by atoms with E-state index in [0.717, 1.165) is 29.5 Å². The van der Waals surface area contributed by atoms with Crippen molar-refractivity contribution in [2.24, 2.45) is 0 Å². The molecule has 2 atom stereocenters. The molecule has 0 bridgehead atoms. The van der Waals surface area contributed by atoms with Crippen LogP contribution in [0.4, 0.5) is 4.39 Å². The van der Waals surface area contributed by atoms with Crippen molar-refractivity contribution in [3.8, 4) is 34.7 Å². The van der Waals surface area contributed by atoms with Crippen molar-refractivity contribution in [1.29, 1.82) is 5.26 Å². The van der Waals surface area contributed by atoms with Gasteiger partial charge in [0.1, 0.15) is 18.0 Å². The number of rotatable bonds is 7. The van der Waals surface area contributed by atoms with Crippen LogP contribution in [-0.4, -0.2) is 29.0 Å². The van der Waals surface area contributed by atoms with Crippen LogP contribution < -0.4 is 10.1 Å². The van der Waals surface area contributed by atoms with E-state index in [1.807, 2.05) is 32.0 Å². The molecule has 1 N–H and O–H groups in total. The van der Waals surface area contributed by atoms with Gasteiger partial charge in [-0.2, -0.15) is 10.2 Å². The van der Waals surface area contributed by atoms with Crippen LogP contribution in [0.2, 0.25) is 0 Å². The molecule has 3 aromatic rings. The molecule has 0 fully saturated rings. The van der Waals surface area contributed by atoms with Gasteiger partial charge in [0.25, 0.3) is 5.89 Å². The molecule has 1 aliphatic rings. The van der Waals surface area contributed by atoms with Gasteiger partial charge >= 0.3 is 0 Å². The van der Waals surface area contributed by atoms with Crippen molar-refractivity contribution in [3.05, 3.63) is 53.1 Å². The minimum absolute atomic E-state index is 0.0282. The Labute approximate surface area is 181 Å². The van der Waals surface area contributed by atoms with Crippen LogP contribution in [0.5, 0.6) is 5.75 Å². The van der Waals surface area contributed by atoms with E-state index in [1.54, 1.807) is 19.1 Å². The van der Waals surface area contributed by atoms with E-state index in [1.165, 1.54) is 0 Å². The molecule has 0 amide bonds. The molecule has 0 radical (unpaired) electrons. The van der Waals surface area contributed by atoms with Gasteiger partial charge in [0.2, 0.25) is 5.82 Å². The Morgan fingerprint density at radius 3 is 2.87 bits per heavy atom. The summed E-state index contributed by atoms with van der Waals surface area (Å²) in [5.41, 5.74) is 4.33. The molecule has 0 saturated carbocycles. The van der Waals surface area contributed by atoms with E-state index in [2.05, 4.69) is 27.6 Å². The van der Waals surface area contributed by atoms with Crippen LogP contribution in [0.25, 0.3) is 22.8 Å². The average Bonchev–Trinajstić information content (AvgIpc) is 3.39. The molecule has 160 valence electrons. The van der Waals surface area contributed by atoms with E-state index < -0.39 is 6.17 Å². The second-order valence-electron chi connectivity index (χ2n) is 8.07. The lowest BCUT2D eigenvalue weighted by Crippen LogP contribution is -2.25. The highest BCUT2D eigenvalue weighted by molar-refractivity contribution is 5.67. The second kappa shape index (κ2) is 8.86. The maximum Gasteiger partial charge on any atom is 0.258 e. The van der Waals surface area contributed by atoms with E-state index in [4.69, 9.17) is 9.26 Å². The number of hydrogen-bond donors (Lipinski definition) is 1. The highest BCUT2D eigenvalue weighted by Crippen LogP contribution is 2.37. The van der Waals surface area contributed by atoms with E-state index >= 15 is 0 Å². The van der Waals surface area contributed by atoms with Crippen molar-refractivity contribution in [2.75, 3.05) is 6.54 Å². The topological polar surface area (TPSA) is 84.0 Å². The van der Waals surface area contributed by atoms with Gasteiger partial charge in [-0.25, -0.2) is 4.39 Å². The lowest BCUT2D eigenvalue weighted by molar-refractivity contribution is 0.241.